The minimum absolute atomic E-state index is 0.0192. The van der Waals surface area contributed by atoms with Gasteiger partial charge in [-0.05, 0) is 154 Å². The molecule has 6 aromatic carbocycles. The number of amides is 3. The van der Waals surface area contributed by atoms with Crippen LogP contribution < -0.4 is 38.4 Å². The highest BCUT2D eigenvalue weighted by atomic mass is 79.9. The quantitative estimate of drug-likeness (QED) is 0.0393. The van der Waals surface area contributed by atoms with Crippen molar-refractivity contribution in [3.05, 3.63) is 210 Å². The second-order valence-corrected chi connectivity index (χ2v) is 29.6. The lowest BCUT2D eigenvalue weighted by atomic mass is 10.2. The first-order valence-corrected chi connectivity index (χ1v) is 40.1. The zero-order chi connectivity index (χ0) is 85.7. The number of furan rings is 5. The number of carbonyl (C=O) groups is 3. The number of aromatic hydroxyl groups is 1. The van der Waals surface area contributed by atoms with Crippen LogP contribution in [0.3, 0.4) is 0 Å². The number of nitrogen functional groups attached to an aromatic ring is 2. The molecule has 0 aliphatic rings. The van der Waals surface area contributed by atoms with Gasteiger partial charge in [-0.1, -0.05) is 95.6 Å². The number of halogens is 7. The summed E-state index contributed by atoms with van der Waals surface area (Å²) in [5.41, 5.74) is 17.5. The number of fused-ring (bicyclic) bond motifs is 9. The molecule has 8 aromatic heterocycles. The van der Waals surface area contributed by atoms with Gasteiger partial charge in [-0.2, -0.15) is 36.3 Å². The molecule has 0 aliphatic carbocycles. The molecule has 0 aliphatic heterocycles. The smallest absolute Gasteiger partial charge is 0.414 e. The number of pyridine rings is 1. The molecule has 8 heterocycles. The van der Waals surface area contributed by atoms with Gasteiger partial charge in [-0.3, -0.25) is 29.1 Å². The summed E-state index contributed by atoms with van der Waals surface area (Å²) in [6, 6.07) is 44.6. The lowest BCUT2D eigenvalue weighted by Gasteiger charge is -2.21. The molecule has 14 rings (SSSR count). The number of nitriles is 5. The highest BCUT2D eigenvalue weighted by molar-refractivity contribution is 9.11. The number of nitrogens with zero attached hydrogens (tertiary/aromatic N) is 11. The third-order valence-electron chi connectivity index (χ3n) is 16.1. The lowest BCUT2D eigenvalue weighted by Crippen LogP contribution is -2.33. The van der Waals surface area contributed by atoms with E-state index >= 15 is 0 Å². The number of nitrogens with two attached hydrogens (primary N) is 2. The van der Waals surface area contributed by atoms with Gasteiger partial charge >= 0.3 is 23.6 Å². The molecule has 0 atom stereocenters. The van der Waals surface area contributed by atoms with Crippen molar-refractivity contribution in [3.8, 4) is 36.1 Å². The first-order valence-electron chi connectivity index (χ1n) is 34.8. The van der Waals surface area contributed by atoms with Gasteiger partial charge in [0.25, 0.3) is 5.91 Å². The van der Waals surface area contributed by atoms with Crippen LogP contribution in [-0.4, -0.2) is 114 Å². The Balaban J connectivity index is 0.000000179. The number of hydrogen-bond acceptors (Lipinski definition) is 26. The van der Waals surface area contributed by atoms with Crippen molar-refractivity contribution < 1.29 is 65.3 Å². The average Bonchev–Trinajstić information content (AvgIpc) is 1.59. The van der Waals surface area contributed by atoms with Gasteiger partial charge in [0.1, 0.15) is 86.2 Å². The van der Waals surface area contributed by atoms with E-state index in [4.69, 9.17) is 95.0 Å². The van der Waals surface area contributed by atoms with Gasteiger partial charge in [0.2, 0.25) is 17.3 Å². The van der Waals surface area contributed by atoms with Gasteiger partial charge < -0.3 is 67.7 Å². The molecule has 0 saturated heterocycles. The summed E-state index contributed by atoms with van der Waals surface area (Å²) in [5.74, 6) is 0.197. The third kappa shape index (κ3) is 23.8. The second kappa shape index (κ2) is 45.2. The fraction of sp³-hybridized carbons (Fsp3) is 0.212. The van der Waals surface area contributed by atoms with Crippen LogP contribution in [0.15, 0.2) is 192 Å². The molecule has 38 heteroatoms. The minimum atomic E-state index is -0.614. The Morgan fingerprint density at radius 1 is 0.559 bits per heavy atom. The Morgan fingerprint density at radius 3 is 1.53 bits per heavy atom. The molecule has 0 unspecified atom stereocenters. The van der Waals surface area contributed by atoms with Crippen LogP contribution >= 0.6 is 107 Å². The number of rotatable bonds is 18. The molecular weight excluding hydrogens is 1940 g/mol. The molecule has 0 fully saturated rings. The molecular formula is C80H68Br6ClN15O16. The maximum Gasteiger partial charge on any atom is 0.414 e. The number of phenols is 1. The molecule has 31 nitrogen and oxygen atoms in total. The number of methoxy groups -OCH3 is 3. The van der Waals surface area contributed by atoms with Crippen LogP contribution in [0, 0.1) is 56.7 Å². The number of benzene rings is 6. The zero-order valence-corrected chi connectivity index (χ0v) is 73.2. The van der Waals surface area contributed by atoms with Crippen molar-refractivity contribution in [1.82, 2.24) is 24.1 Å². The van der Waals surface area contributed by atoms with E-state index in [1.54, 1.807) is 117 Å². The van der Waals surface area contributed by atoms with E-state index in [1.807, 2.05) is 78.9 Å². The number of anilines is 5. The topological polar surface area (TPSA) is 464 Å². The molecule has 0 radical (unpaired) electrons. The van der Waals surface area contributed by atoms with Gasteiger partial charge in [-0.15, -0.1) is 11.6 Å². The predicted octanol–water partition coefficient (Wildman–Crippen LogP) is 19.2. The number of aryl methyl sites for hydroxylation is 2. The summed E-state index contributed by atoms with van der Waals surface area (Å²) in [6.07, 6.45) is 3.84. The molecule has 608 valence electrons. The third-order valence-corrected chi connectivity index (χ3v) is 19.2. The minimum Gasteiger partial charge on any atom is -0.507 e. The monoisotopic (exact) mass is 2000 g/mol. The van der Waals surface area contributed by atoms with E-state index < -0.39 is 23.8 Å². The molecule has 3 amide bonds. The summed E-state index contributed by atoms with van der Waals surface area (Å²) in [6.45, 7) is 6.79. The summed E-state index contributed by atoms with van der Waals surface area (Å²) in [4.78, 5) is 74.5. The maximum absolute atomic E-state index is 12.8. The number of phenolic OH excluding ortho intramolecular Hbond substituents is 1. The average molecular weight is 2010 g/mol. The van der Waals surface area contributed by atoms with Crippen molar-refractivity contribution >= 4 is 231 Å². The van der Waals surface area contributed by atoms with Crippen LogP contribution in [0.1, 0.15) is 66.3 Å². The molecule has 0 spiro atoms. The van der Waals surface area contributed by atoms with Crippen molar-refractivity contribution in [2.75, 3.05) is 93.8 Å². The van der Waals surface area contributed by atoms with Gasteiger partial charge in [0.15, 0.2) is 22.8 Å². The predicted molar refractivity (Wildman–Crippen MR) is 465 cm³/mol. The Bertz CT molecular complexity index is 6290. The highest BCUT2D eigenvalue weighted by Crippen LogP contribution is 2.39. The van der Waals surface area contributed by atoms with E-state index in [9.17, 15) is 29.2 Å². The highest BCUT2D eigenvalue weighted by Gasteiger charge is 2.28. The maximum atomic E-state index is 12.8. The van der Waals surface area contributed by atoms with Crippen molar-refractivity contribution in [3.63, 3.8) is 0 Å². The fourth-order valence-electron chi connectivity index (χ4n) is 11.1. The lowest BCUT2D eigenvalue weighted by molar-refractivity contribution is 0.102. The van der Waals surface area contributed by atoms with Crippen LogP contribution in [0.4, 0.5) is 38.3 Å². The van der Waals surface area contributed by atoms with E-state index in [1.165, 1.54) is 17.2 Å². The Labute approximate surface area is 726 Å². The largest absolute Gasteiger partial charge is 0.507 e. The first-order chi connectivity index (χ1) is 56.8. The van der Waals surface area contributed by atoms with Gasteiger partial charge in [0, 0.05) is 127 Å². The summed E-state index contributed by atoms with van der Waals surface area (Å²) in [7, 11) is 4.84. The summed E-state index contributed by atoms with van der Waals surface area (Å²) < 4.78 is 61.1. The first kappa shape index (κ1) is 91.9. The molecule has 0 bridgehead atoms. The van der Waals surface area contributed by atoms with E-state index in [0.29, 0.717) is 142 Å². The standard InChI is InChI=1S/C20H17BrN4O4.C16H17BrN2O4.C14H14BrN3O3.C12H9BrN2O3.C9H5BrN2O.C7H4BrNO.C2H2ClN/c1-28-9-3-8-25-16-14-10-13(21)5-6-15(14)29-17(16)18(24-20(25)27)23-19(26)12-4-2-7-22-11-12;1-3-22-16(20)19(7-4-8-21-2)15-12-9-11(17)5-6-13(12)23-14(15)10-18;1-20-6-2-5-18-11-9-7-8(15)3-4-10(9)21-12(11)13(16)17-14(18)19;1-2-17-12(16)15-11-8-5-7(13)3-4-9(8)18-10(11)6-14;10-5-1-2-7-6(3-5)9(12)8(4-11)13-7;8-6-1-2-7(10)5(3-6)4-9;3-1-2-4/h2,4-7,10-11H,3,8-9H2,1H3,(H,23,24,26,27);5-6,9H,3-4,7-8H2,1-2H3;3-4,7H,2,5-6H2,1H3,(H2,16,17,19);3-5H,2H2,1H3,(H,15,16);1-3H,12H2;1-3,10H;1H2. The van der Waals surface area contributed by atoms with Crippen molar-refractivity contribution in [2.45, 2.75) is 46.2 Å². The Kier molecular flexibility index (Phi) is 35.2. The van der Waals surface area contributed by atoms with Crippen molar-refractivity contribution in [2.24, 2.45) is 0 Å². The SMILES string of the molecule is CCOC(=O)N(CCCOC)c1c(C#N)oc2ccc(Br)cc12.CCOC(=O)Nc1c(C#N)oc2ccc(Br)cc12.COCCCn1c(=O)nc(N)c2oc3ccc(Br)cc3c21.COCCCn1c(=O)nc(NC(=O)c2cccnc2)c2oc3ccc(Br)cc3c21.N#CCCl.N#Cc1cc(Br)ccc1O.N#Cc1oc2ccc(Br)cc2c1N. The van der Waals surface area contributed by atoms with E-state index in [-0.39, 0.29) is 65.0 Å². The number of alkyl halides is 1. The Hall–Kier alpha value is -11.6. The zero-order valence-electron chi connectivity index (χ0n) is 63.0. The molecule has 0 saturated carbocycles. The fourth-order valence-corrected chi connectivity index (χ4v) is 13.2. The van der Waals surface area contributed by atoms with Gasteiger partial charge in [-0.25, -0.2) is 19.2 Å². The second-order valence-electron chi connectivity index (χ2n) is 23.9. The van der Waals surface area contributed by atoms with E-state index in [2.05, 4.69) is 121 Å². The number of ether oxygens (including phenoxy) is 5. The normalized spacial score (nSPS) is 10.4. The van der Waals surface area contributed by atoms with Gasteiger partial charge in [0.05, 0.1) is 36.1 Å². The number of carbonyl (C=O) groups excluding carboxylic acids is 3. The van der Waals surface area contributed by atoms with Crippen LogP contribution in [-0.2, 0) is 36.8 Å². The van der Waals surface area contributed by atoms with Crippen molar-refractivity contribution in [1.29, 1.82) is 26.3 Å². The number of nitrogens with one attached hydrogen (secondary N) is 2. The Morgan fingerprint density at radius 2 is 1.02 bits per heavy atom. The van der Waals surface area contributed by atoms with Crippen LogP contribution in [0.2, 0.25) is 0 Å². The van der Waals surface area contributed by atoms with E-state index in [0.717, 1.165) is 43.0 Å². The van der Waals surface area contributed by atoms with Crippen LogP contribution in [0.5, 0.6) is 5.75 Å². The molecule has 14 aromatic rings. The molecule has 118 heavy (non-hydrogen) atoms. The summed E-state index contributed by atoms with van der Waals surface area (Å²) >= 11 is 24.9. The van der Waals surface area contributed by atoms with Crippen LogP contribution in [0.25, 0.3) is 77.0 Å². The number of aromatic nitrogens is 5. The molecule has 7 N–H and O–H groups in total. The number of hydrogen-bond donors (Lipinski definition) is 5. The summed E-state index contributed by atoms with van der Waals surface area (Å²) in [5, 5.41) is 60.8.